The molecule has 0 bridgehead atoms. The number of rotatable bonds is 9. The molecule has 6 nitrogen and oxygen atoms in total. The number of benzene rings is 2. The molecule has 0 saturated heterocycles. The van der Waals surface area contributed by atoms with Crippen molar-refractivity contribution in [3.63, 3.8) is 0 Å². The van der Waals surface area contributed by atoms with Crippen LogP contribution in [0.15, 0.2) is 48.5 Å². The van der Waals surface area contributed by atoms with Crippen molar-refractivity contribution in [1.29, 1.82) is 0 Å². The molecule has 0 aliphatic rings. The summed E-state index contributed by atoms with van der Waals surface area (Å²) in [7, 11) is 5.76. The quantitative estimate of drug-likeness (QED) is 0.620. The van der Waals surface area contributed by atoms with Crippen LogP contribution in [0.2, 0.25) is 0 Å². The number of hydrogen-bond donors (Lipinski definition) is 1. The second-order valence-corrected chi connectivity index (χ2v) is 7.06. The maximum atomic E-state index is 12.4. The zero-order chi connectivity index (χ0) is 19.9. The lowest BCUT2D eigenvalue weighted by atomic mass is 10.2. The highest BCUT2D eigenvalue weighted by molar-refractivity contribution is 5.94. The van der Waals surface area contributed by atoms with Crippen LogP contribution >= 0.6 is 0 Å². The van der Waals surface area contributed by atoms with Crippen molar-refractivity contribution in [3.8, 4) is 5.75 Å². The van der Waals surface area contributed by atoms with Crippen molar-refractivity contribution in [1.82, 2.24) is 19.8 Å². The zero-order valence-corrected chi connectivity index (χ0v) is 16.8. The lowest BCUT2D eigenvalue weighted by Gasteiger charge is -2.13. The topological polar surface area (TPSA) is 59.4 Å². The molecule has 0 unspecified atom stereocenters. The molecule has 1 amide bonds. The SMILES string of the molecule is COc1cccc(C(=O)NCCc2nc3ccccc3n2CCCN(C)C)c1. The van der Waals surface area contributed by atoms with Crippen molar-refractivity contribution in [2.24, 2.45) is 0 Å². The van der Waals surface area contributed by atoms with Gasteiger partial charge in [0.1, 0.15) is 11.6 Å². The first kappa shape index (κ1) is 19.9. The molecule has 0 radical (unpaired) electrons. The molecule has 6 heteroatoms. The van der Waals surface area contributed by atoms with Crippen molar-refractivity contribution in [2.45, 2.75) is 19.4 Å². The molecule has 0 fully saturated rings. The number of aromatic nitrogens is 2. The van der Waals surface area contributed by atoms with E-state index >= 15 is 0 Å². The Morgan fingerprint density at radius 1 is 1.18 bits per heavy atom. The molecule has 1 aromatic heterocycles. The highest BCUT2D eigenvalue weighted by atomic mass is 16.5. The Kier molecular flexibility index (Phi) is 6.66. The predicted molar refractivity (Wildman–Crippen MR) is 112 cm³/mol. The summed E-state index contributed by atoms with van der Waals surface area (Å²) in [6.45, 7) is 2.48. The molecule has 148 valence electrons. The Morgan fingerprint density at radius 2 is 2.00 bits per heavy atom. The number of fused-ring (bicyclic) bond motifs is 1. The fourth-order valence-electron chi connectivity index (χ4n) is 3.27. The first-order valence-electron chi connectivity index (χ1n) is 9.59. The smallest absolute Gasteiger partial charge is 0.251 e. The van der Waals surface area contributed by atoms with Crippen molar-refractivity contribution >= 4 is 16.9 Å². The summed E-state index contributed by atoms with van der Waals surface area (Å²) in [4.78, 5) is 19.4. The second-order valence-electron chi connectivity index (χ2n) is 7.06. The van der Waals surface area contributed by atoms with Crippen LogP contribution in [0, 0.1) is 0 Å². The highest BCUT2D eigenvalue weighted by Gasteiger charge is 2.12. The van der Waals surface area contributed by atoms with E-state index < -0.39 is 0 Å². The van der Waals surface area contributed by atoms with Gasteiger partial charge < -0.3 is 19.5 Å². The fraction of sp³-hybridized carbons (Fsp3) is 0.364. The van der Waals surface area contributed by atoms with Gasteiger partial charge in [-0.05, 0) is 57.4 Å². The number of methoxy groups -OCH3 is 1. The molecule has 28 heavy (non-hydrogen) atoms. The number of hydrogen-bond acceptors (Lipinski definition) is 4. The Morgan fingerprint density at radius 3 is 2.79 bits per heavy atom. The number of aryl methyl sites for hydroxylation is 1. The van der Waals surface area contributed by atoms with Crippen molar-refractivity contribution in [2.75, 3.05) is 34.3 Å². The third-order valence-electron chi connectivity index (χ3n) is 4.69. The van der Waals surface area contributed by atoms with Crippen LogP contribution in [-0.2, 0) is 13.0 Å². The van der Waals surface area contributed by atoms with Crippen LogP contribution < -0.4 is 10.1 Å². The number of carbonyl (C=O) groups excluding carboxylic acids is 1. The van der Waals surface area contributed by atoms with Crippen LogP contribution in [0.4, 0.5) is 0 Å². The molecular formula is C22H28N4O2. The molecule has 3 aromatic rings. The Hall–Kier alpha value is -2.86. The molecular weight excluding hydrogens is 352 g/mol. The third-order valence-corrected chi connectivity index (χ3v) is 4.69. The molecule has 1 N–H and O–H groups in total. The van der Waals surface area contributed by atoms with Gasteiger partial charge in [-0.2, -0.15) is 0 Å². The van der Waals surface area contributed by atoms with Gasteiger partial charge in [0.2, 0.25) is 0 Å². The van der Waals surface area contributed by atoms with Gasteiger partial charge in [0.05, 0.1) is 18.1 Å². The predicted octanol–water partition coefficient (Wildman–Crippen LogP) is 2.97. The number of nitrogens with one attached hydrogen (secondary N) is 1. The van der Waals surface area contributed by atoms with Gasteiger partial charge >= 0.3 is 0 Å². The number of imidazole rings is 1. The summed E-state index contributed by atoms with van der Waals surface area (Å²) in [6, 6.07) is 15.4. The molecule has 2 aromatic carbocycles. The molecule has 0 aliphatic heterocycles. The lowest BCUT2D eigenvalue weighted by Crippen LogP contribution is -2.26. The summed E-state index contributed by atoms with van der Waals surface area (Å²) < 4.78 is 7.46. The summed E-state index contributed by atoms with van der Waals surface area (Å²) in [5.74, 6) is 1.58. The van der Waals surface area contributed by atoms with E-state index in [9.17, 15) is 4.79 Å². The van der Waals surface area contributed by atoms with E-state index in [1.165, 1.54) is 0 Å². The largest absolute Gasteiger partial charge is 0.497 e. The van der Waals surface area contributed by atoms with Gasteiger partial charge in [0.25, 0.3) is 5.91 Å². The van der Waals surface area contributed by atoms with E-state index in [1.807, 2.05) is 30.3 Å². The van der Waals surface area contributed by atoms with Gasteiger partial charge in [-0.1, -0.05) is 18.2 Å². The zero-order valence-electron chi connectivity index (χ0n) is 16.8. The Bertz CT molecular complexity index is 933. The number of carbonyl (C=O) groups is 1. The van der Waals surface area contributed by atoms with E-state index in [4.69, 9.17) is 9.72 Å². The fourth-order valence-corrected chi connectivity index (χ4v) is 3.27. The molecule has 0 aliphatic carbocycles. The number of amides is 1. The number of ether oxygens (including phenoxy) is 1. The summed E-state index contributed by atoms with van der Waals surface area (Å²) in [5.41, 5.74) is 2.75. The van der Waals surface area contributed by atoms with E-state index in [2.05, 4.69) is 34.9 Å². The standard InChI is InChI=1S/C22H28N4O2/c1-25(2)14-7-15-26-20-11-5-4-10-19(20)24-21(26)12-13-23-22(27)17-8-6-9-18(16-17)28-3/h4-6,8-11,16H,7,12-15H2,1-3H3,(H,23,27). The van der Waals surface area contributed by atoms with Crippen LogP contribution in [-0.4, -0.2) is 54.7 Å². The van der Waals surface area contributed by atoms with Crippen molar-refractivity contribution < 1.29 is 9.53 Å². The maximum absolute atomic E-state index is 12.4. The average molecular weight is 380 g/mol. The monoisotopic (exact) mass is 380 g/mol. The second kappa shape index (κ2) is 9.37. The Balaban J connectivity index is 1.66. The molecule has 3 rings (SSSR count). The number of nitrogens with zero attached hydrogens (tertiary/aromatic N) is 3. The lowest BCUT2D eigenvalue weighted by molar-refractivity contribution is 0.0953. The molecule has 0 spiro atoms. The van der Waals surface area contributed by atoms with E-state index in [0.717, 1.165) is 36.4 Å². The summed E-state index contributed by atoms with van der Waals surface area (Å²) >= 11 is 0. The van der Waals surface area contributed by atoms with Gasteiger partial charge in [0.15, 0.2) is 0 Å². The normalized spacial score (nSPS) is 11.1. The van der Waals surface area contributed by atoms with Crippen LogP contribution in [0.3, 0.4) is 0 Å². The van der Waals surface area contributed by atoms with Gasteiger partial charge in [-0.3, -0.25) is 4.79 Å². The van der Waals surface area contributed by atoms with E-state index in [-0.39, 0.29) is 5.91 Å². The molecule has 1 heterocycles. The molecule has 0 atom stereocenters. The Labute approximate surface area is 166 Å². The molecule has 0 saturated carbocycles. The maximum Gasteiger partial charge on any atom is 0.251 e. The van der Waals surface area contributed by atoms with Crippen LogP contribution in [0.25, 0.3) is 11.0 Å². The minimum absolute atomic E-state index is 0.103. The van der Waals surface area contributed by atoms with E-state index in [0.29, 0.717) is 24.3 Å². The van der Waals surface area contributed by atoms with Gasteiger partial charge in [-0.15, -0.1) is 0 Å². The minimum Gasteiger partial charge on any atom is -0.497 e. The first-order valence-corrected chi connectivity index (χ1v) is 9.59. The summed E-state index contributed by atoms with van der Waals surface area (Å²) in [5, 5.41) is 2.99. The third kappa shape index (κ3) is 4.89. The van der Waals surface area contributed by atoms with Crippen LogP contribution in [0.5, 0.6) is 5.75 Å². The highest BCUT2D eigenvalue weighted by Crippen LogP contribution is 2.17. The van der Waals surface area contributed by atoms with E-state index in [1.54, 1.807) is 19.2 Å². The van der Waals surface area contributed by atoms with Gasteiger partial charge in [0, 0.05) is 25.1 Å². The first-order chi connectivity index (χ1) is 13.6. The van der Waals surface area contributed by atoms with Crippen LogP contribution in [0.1, 0.15) is 22.6 Å². The minimum atomic E-state index is -0.103. The number of para-hydroxylation sites is 2. The average Bonchev–Trinajstić information content (AvgIpc) is 3.05. The summed E-state index contributed by atoms with van der Waals surface area (Å²) in [6.07, 6.45) is 1.74. The van der Waals surface area contributed by atoms with Crippen molar-refractivity contribution in [3.05, 3.63) is 59.9 Å². The van der Waals surface area contributed by atoms with Gasteiger partial charge in [-0.25, -0.2) is 4.98 Å².